The van der Waals surface area contributed by atoms with Crippen LogP contribution in [0.5, 0.6) is 0 Å². The normalized spacial score (nSPS) is 15.1. The number of hydrogen-bond donors (Lipinski definition) is 3. The van der Waals surface area contributed by atoms with Crippen LogP contribution in [0.1, 0.15) is 28.9 Å². The highest BCUT2D eigenvalue weighted by Crippen LogP contribution is 2.35. The quantitative estimate of drug-likeness (QED) is 0.310. The first-order valence-corrected chi connectivity index (χ1v) is 11.7. The number of hydrogen-bond acceptors (Lipinski definition) is 9. The van der Waals surface area contributed by atoms with Crippen molar-refractivity contribution in [2.45, 2.75) is 13.0 Å². The third-order valence-electron chi connectivity index (χ3n) is 5.68. The van der Waals surface area contributed by atoms with Crippen LogP contribution in [0.15, 0.2) is 81.5 Å². The smallest absolute Gasteiger partial charge is 0.338 e. The number of pyridine rings is 1. The van der Waals surface area contributed by atoms with Crippen molar-refractivity contribution in [2.75, 3.05) is 17.7 Å². The molecule has 3 heterocycles. The summed E-state index contributed by atoms with van der Waals surface area (Å²) in [4.78, 5) is 38.5. The number of aliphatic imine (C=N–C) groups is 1. The molecule has 4 aromatic rings. The van der Waals surface area contributed by atoms with Crippen LogP contribution < -0.4 is 16.0 Å². The highest BCUT2D eigenvalue weighted by molar-refractivity contribution is 6.31. The van der Waals surface area contributed by atoms with Crippen LogP contribution in [0.25, 0.3) is 11.1 Å². The number of benzene rings is 2. The molecule has 12 heteroatoms. The van der Waals surface area contributed by atoms with Gasteiger partial charge in [0.15, 0.2) is 5.58 Å². The van der Waals surface area contributed by atoms with Gasteiger partial charge in [-0.05, 0) is 37.3 Å². The Labute approximate surface area is 220 Å². The maximum absolute atomic E-state index is 13.6. The summed E-state index contributed by atoms with van der Waals surface area (Å²) in [5, 5.41) is 9.10. The second kappa shape index (κ2) is 10.3. The zero-order chi connectivity index (χ0) is 26.8. The fraction of sp³-hybridized carbons (Fsp3) is 0.115. The Bertz CT molecular complexity index is 1630. The molecule has 0 unspecified atom stereocenters. The maximum atomic E-state index is 13.6. The Morgan fingerprint density at radius 1 is 1.16 bits per heavy atom. The van der Waals surface area contributed by atoms with Gasteiger partial charge in [0.1, 0.15) is 23.2 Å². The van der Waals surface area contributed by atoms with Gasteiger partial charge in [-0.25, -0.2) is 19.2 Å². The molecule has 1 amide bonds. The van der Waals surface area contributed by atoms with E-state index in [1.54, 1.807) is 31.2 Å². The van der Waals surface area contributed by atoms with Gasteiger partial charge in [-0.1, -0.05) is 29.8 Å². The number of esters is 1. The van der Waals surface area contributed by atoms with E-state index in [1.165, 1.54) is 43.6 Å². The molecule has 5 rings (SSSR count). The summed E-state index contributed by atoms with van der Waals surface area (Å²) in [5.41, 5.74) is 2.28. The van der Waals surface area contributed by atoms with Crippen LogP contribution in [0.2, 0.25) is 5.02 Å². The van der Waals surface area contributed by atoms with Crippen molar-refractivity contribution in [3.05, 3.63) is 94.0 Å². The molecule has 192 valence electrons. The summed E-state index contributed by atoms with van der Waals surface area (Å²) < 4.78 is 23.9. The number of allylic oxidation sites excluding steroid dienone is 1. The number of nitrogens with zero attached hydrogens (tertiary/aromatic N) is 3. The average Bonchev–Trinajstić information content (AvgIpc) is 3.29. The standard InChI is InChI=1S/C26H20ClFN6O4/c1-13-21(23(35)32-20-11-14(9-10-29-20)24(36)37-2)22(16-5-3-4-6-17(16)27)33-25(30-13)34-26-31-18-8-7-15(28)12-19(18)38-26/h3-12,22H,1-2H3,(H,29,32,35)(H2,30,31,33,34)/t22-/m0/s1. The lowest BCUT2D eigenvalue weighted by Gasteiger charge is -2.26. The predicted octanol–water partition coefficient (Wildman–Crippen LogP) is 4.83. The van der Waals surface area contributed by atoms with Gasteiger partial charge in [0.2, 0.25) is 5.96 Å². The fourth-order valence-corrected chi connectivity index (χ4v) is 4.18. The predicted molar refractivity (Wildman–Crippen MR) is 139 cm³/mol. The summed E-state index contributed by atoms with van der Waals surface area (Å²) in [6.45, 7) is 1.70. The number of guanidine groups is 1. The van der Waals surface area contributed by atoms with E-state index in [0.717, 1.165) is 0 Å². The minimum absolute atomic E-state index is 0.0827. The van der Waals surface area contributed by atoms with Gasteiger partial charge in [0.25, 0.3) is 5.91 Å². The largest absolute Gasteiger partial charge is 0.465 e. The molecule has 1 atom stereocenters. The molecular formula is C26H20ClFN6O4. The van der Waals surface area contributed by atoms with Crippen molar-refractivity contribution in [3.8, 4) is 0 Å². The van der Waals surface area contributed by atoms with Gasteiger partial charge in [-0.15, -0.1) is 0 Å². The van der Waals surface area contributed by atoms with E-state index in [1.807, 2.05) is 0 Å². The lowest BCUT2D eigenvalue weighted by atomic mass is 9.95. The number of nitrogens with one attached hydrogen (secondary N) is 3. The number of rotatable bonds is 5. The van der Waals surface area contributed by atoms with E-state index >= 15 is 0 Å². The van der Waals surface area contributed by atoms with Crippen LogP contribution in [0.4, 0.5) is 16.2 Å². The molecular weight excluding hydrogens is 515 g/mol. The third kappa shape index (κ3) is 5.04. The number of oxazole rings is 1. The molecule has 2 aromatic carbocycles. The number of methoxy groups -OCH3 is 1. The average molecular weight is 535 g/mol. The number of fused-ring (bicyclic) bond motifs is 1. The molecule has 1 aliphatic rings. The van der Waals surface area contributed by atoms with Crippen LogP contribution in [-0.2, 0) is 9.53 Å². The Hall–Kier alpha value is -4.77. The summed E-state index contributed by atoms with van der Waals surface area (Å²) >= 11 is 6.49. The van der Waals surface area contributed by atoms with Gasteiger partial charge in [-0.2, -0.15) is 4.98 Å². The number of carbonyl (C=O) groups is 2. The molecule has 0 fully saturated rings. The molecule has 0 saturated carbocycles. The van der Waals surface area contributed by atoms with E-state index < -0.39 is 23.7 Å². The summed E-state index contributed by atoms with van der Waals surface area (Å²) in [6, 6.07) is 13.2. The van der Waals surface area contributed by atoms with E-state index in [9.17, 15) is 14.0 Å². The number of anilines is 2. The number of amides is 1. The maximum Gasteiger partial charge on any atom is 0.338 e. The molecule has 38 heavy (non-hydrogen) atoms. The molecule has 10 nitrogen and oxygen atoms in total. The van der Waals surface area contributed by atoms with Gasteiger partial charge >= 0.3 is 12.0 Å². The topological polar surface area (TPSA) is 131 Å². The lowest BCUT2D eigenvalue weighted by Crippen LogP contribution is -2.37. The van der Waals surface area contributed by atoms with Crippen molar-refractivity contribution < 1.29 is 23.1 Å². The number of carbonyl (C=O) groups excluding carboxylic acids is 2. The summed E-state index contributed by atoms with van der Waals surface area (Å²) in [6.07, 6.45) is 1.39. The second-order valence-electron chi connectivity index (χ2n) is 8.20. The van der Waals surface area contributed by atoms with E-state index in [-0.39, 0.29) is 34.5 Å². The second-order valence-corrected chi connectivity index (χ2v) is 8.60. The zero-order valence-corrected chi connectivity index (χ0v) is 20.8. The highest BCUT2D eigenvalue weighted by atomic mass is 35.5. The van der Waals surface area contributed by atoms with Crippen molar-refractivity contribution in [1.29, 1.82) is 0 Å². The third-order valence-corrected chi connectivity index (χ3v) is 6.03. The van der Waals surface area contributed by atoms with Crippen molar-refractivity contribution >= 4 is 52.4 Å². The highest BCUT2D eigenvalue weighted by Gasteiger charge is 2.31. The number of halogens is 2. The van der Waals surface area contributed by atoms with Crippen LogP contribution in [0, 0.1) is 5.82 Å². The fourth-order valence-electron chi connectivity index (χ4n) is 3.94. The zero-order valence-electron chi connectivity index (χ0n) is 20.1. The molecule has 2 aromatic heterocycles. The van der Waals surface area contributed by atoms with Gasteiger partial charge < -0.3 is 19.8 Å². The van der Waals surface area contributed by atoms with E-state index in [0.29, 0.717) is 21.8 Å². The first kappa shape index (κ1) is 24.9. The Morgan fingerprint density at radius 2 is 1.97 bits per heavy atom. The SMILES string of the molecule is COC(=O)c1ccnc(NC(=O)C2=C(C)NC(Nc3nc4ccc(F)cc4o3)=N[C@H]2c2ccccc2Cl)c1. The Balaban J connectivity index is 1.47. The molecule has 0 aliphatic carbocycles. The molecule has 1 aliphatic heterocycles. The minimum atomic E-state index is -0.821. The first-order valence-electron chi connectivity index (χ1n) is 11.3. The van der Waals surface area contributed by atoms with Crippen molar-refractivity contribution in [3.63, 3.8) is 0 Å². The van der Waals surface area contributed by atoms with E-state index in [2.05, 4.69) is 30.9 Å². The van der Waals surface area contributed by atoms with Crippen LogP contribution in [-0.4, -0.2) is 34.9 Å². The molecule has 3 N–H and O–H groups in total. The van der Waals surface area contributed by atoms with Crippen molar-refractivity contribution in [1.82, 2.24) is 15.3 Å². The van der Waals surface area contributed by atoms with Crippen LogP contribution in [0.3, 0.4) is 0 Å². The summed E-state index contributed by atoms with van der Waals surface area (Å²) in [7, 11) is 1.26. The number of ether oxygens (including phenoxy) is 1. The molecule has 0 radical (unpaired) electrons. The monoisotopic (exact) mass is 534 g/mol. The Morgan fingerprint density at radius 3 is 2.76 bits per heavy atom. The van der Waals surface area contributed by atoms with Gasteiger partial charge in [0, 0.05) is 28.5 Å². The van der Waals surface area contributed by atoms with Crippen LogP contribution >= 0.6 is 11.6 Å². The summed E-state index contributed by atoms with van der Waals surface area (Å²) in [5.74, 6) is -1.12. The lowest BCUT2D eigenvalue weighted by molar-refractivity contribution is -0.113. The first-order chi connectivity index (χ1) is 18.3. The van der Waals surface area contributed by atoms with Crippen molar-refractivity contribution in [2.24, 2.45) is 4.99 Å². The molecule has 0 spiro atoms. The van der Waals surface area contributed by atoms with Gasteiger partial charge in [0.05, 0.1) is 18.2 Å². The minimum Gasteiger partial charge on any atom is -0.465 e. The molecule has 0 bridgehead atoms. The number of aromatic nitrogens is 2. The van der Waals surface area contributed by atoms with E-state index in [4.69, 9.17) is 20.8 Å². The molecule has 0 saturated heterocycles. The van der Waals surface area contributed by atoms with Gasteiger partial charge in [-0.3, -0.25) is 10.1 Å². The Kier molecular flexibility index (Phi) is 6.75.